The Morgan fingerprint density at radius 2 is 1.91 bits per heavy atom. The Kier molecular flexibility index (Phi) is 4.19. The molecule has 0 atom stereocenters. The minimum atomic E-state index is -0.459. The van der Waals surface area contributed by atoms with E-state index in [1.165, 1.54) is 0 Å². The highest BCUT2D eigenvalue weighted by Gasteiger charge is 2.45. The lowest BCUT2D eigenvalue weighted by molar-refractivity contribution is -0.124. The molecular weight excluding hydrogens is 298 g/mol. The van der Waals surface area contributed by atoms with Crippen LogP contribution in [0.3, 0.4) is 0 Å². The lowest BCUT2D eigenvalue weighted by Crippen LogP contribution is -2.46. The fourth-order valence-electron chi connectivity index (χ4n) is 2.94. The van der Waals surface area contributed by atoms with Crippen molar-refractivity contribution in [2.45, 2.75) is 31.3 Å². The van der Waals surface area contributed by atoms with Crippen LogP contribution in [0.5, 0.6) is 0 Å². The number of halogens is 1. The van der Waals surface area contributed by atoms with Gasteiger partial charge in [0.15, 0.2) is 0 Å². The number of carbonyl (C=O) groups excluding carboxylic acids is 1. The van der Waals surface area contributed by atoms with Gasteiger partial charge in [0.2, 0.25) is 5.91 Å². The predicted octanol–water partition coefficient (Wildman–Crippen LogP) is 3.89. The predicted molar refractivity (Wildman–Crippen MR) is 88.0 cm³/mol. The highest BCUT2D eigenvalue weighted by molar-refractivity contribution is 6.30. The molecule has 2 aromatic carbocycles. The highest BCUT2D eigenvalue weighted by atomic mass is 35.5. The van der Waals surface area contributed by atoms with E-state index in [4.69, 9.17) is 11.6 Å². The van der Waals surface area contributed by atoms with E-state index in [2.05, 4.69) is 5.32 Å². The van der Waals surface area contributed by atoms with Gasteiger partial charge in [0.25, 0.3) is 0 Å². The maximum Gasteiger partial charge on any atom is 0.235 e. The maximum atomic E-state index is 12.8. The third-order valence-electron chi connectivity index (χ3n) is 4.41. The number of hydrogen-bond donors (Lipinski definition) is 2. The van der Waals surface area contributed by atoms with Crippen LogP contribution < -0.4 is 5.32 Å². The summed E-state index contributed by atoms with van der Waals surface area (Å²) in [6, 6.07) is 14.8. The number of aliphatic hydroxyl groups is 1. The van der Waals surface area contributed by atoms with Crippen LogP contribution in [-0.4, -0.2) is 11.0 Å². The second-order valence-corrected chi connectivity index (χ2v) is 6.19. The molecule has 0 aromatic heterocycles. The Hall–Kier alpha value is -1.84. The number of carbonyl (C=O) groups is 1. The van der Waals surface area contributed by atoms with Gasteiger partial charge in [-0.25, -0.2) is 0 Å². The molecule has 4 heteroatoms. The third kappa shape index (κ3) is 2.74. The highest BCUT2D eigenvalue weighted by Crippen LogP contribution is 2.44. The van der Waals surface area contributed by atoms with E-state index in [1.807, 2.05) is 42.5 Å². The first-order valence-corrected chi connectivity index (χ1v) is 7.79. The average molecular weight is 316 g/mol. The summed E-state index contributed by atoms with van der Waals surface area (Å²) in [6.07, 6.45) is 2.74. The van der Waals surface area contributed by atoms with Gasteiger partial charge in [0.05, 0.1) is 12.0 Å². The molecule has 22 heavy (non-hydrogen) atoms. The van der Waals surface area contributed by atoms with Gasteiger partial charge in [-0.1, -0.05) is 42.3 Å². The molecule has 1 fully saturated rings. The van der Waals surface area contributed by atoms with Crippen molar-refractivity contribution in [1.29, 1.82) is 0 Å². The molecule has 2 aromatic rings. The summed E-state index contributed by atoms with van der Waals surface area (Å²) in [5, 5.41) is 12.9. The van der Waals surface area contributed by atoms with E-state index in [0.717, 1.165) is 36.1 Å². The maximum absolute atomic E-state index is 12.8. The number of benzene rings is 2. The largest absolute Gasteiger partial charge is 0.392 e. The number of aliphatic hydroxyl groups excluding tert-OH is 1. The van der Waals surface area contributed by atoms with Crippen LogP contribution in [0.4, 0.5) is 5.69 Å². The van der Waals surface area contributed by atoms with E-state index >= 15 is 0 Å². The molecule has 1 amide bonds. The normalized spacial score (nSPS) is 15.9. The summed E-state index contributed by atoms with van der Waals surface area (Å²) in [5.41, 5.74) is 2.06. The van der Waals surface area contributed by atoms with Crippen LogP contribution in [0.1, 0.15) is 30.4 Å². The van der Waals surface area contributed by atoms with Gasteiger partial charge >= 0.3 is 0 Å². The Morgan fingerprint density at radius 3 is 2.50 bits per heavy atom. The van der Waals surface area contributed by atoms with Gasteiger partial charge < -0.3 is 10.4 Å². The van der Waals surface area contributed by atoms with Crippen LogP contribution in [0, 0.1) is 0 Å². The molecular formula is C18H18ClNO2. The molecule has 1 aliphatic carbocycles. The molecule has 0 spiro atoms. The van der Waals surface area contributed by atoms with Crippen molar-refractivity contribution < 1.29 is 9.90 Å². The molecule has 1 saturated carbocycles. The fourth-order valence-corrected chi connectivity index (χ4v) is 3.07. The summed E-state index contributed by atoms with van der Waals surface area (Å²) in [5.74, 6) is 0.0103. The third-order valence-corrected chi connectivity index (χ3v) is 4.66. The SMILES string of the molecule is O=C(Nc1cccc(CO)c1)C1(c2ccc(Cl)cc2)CCC1. The van der Waals surface area contributed by atoms with Gasteiger partial charge in [0, 0.05) is 10.7 Å². The van der Waals surface area contributed by atoms with E-state index in [0.29, 0.717) is 5.02 Å². The number of rotatable bonds is 4. The second kappa shape index (κ2) is 6.11. The lowest BCUT2D eigenvalue weighted by Gasteiger charge is -2.40. The van der Waals surface area contributed by atoms with Gasteiger partial charge in [-0.2, -0.15) is 0 Å². The van der Waals surface area contributed by atoms with Crippen LogP contribution >= 0.6 is 11.6 Å². The number of hydrogen-bond acceptors (Lipinski definition) is 2. The Morgan fingerprint density at radius 1 is 1.18 bits per heavy atom. The first-order chi connectivity index (χ1) is 10.6. The Bertz CT molecular complexity index is 678. The first-order valence-electron chi connectivity index (χ1n) is 7.41. The zero-order valence-corrected chi connectivity index (χ0v) is 12.9. The van der Waals surface area contributed by atoms with Gasteiger partial charge in [-0.15, -0.1) is 0 Å². The molecule has 0 radical (unpaired) electrons. The minimum absolute atomic E-state index is 0.0103. The molecule has 114 valence electrons. The van der Waals surface area contributed by atoms with Crippen LogP contribution in [0.2, 0.25) is 5.02 Å². The second-order valence-electron chi connectivity index (χ2n) is 5.76. The molecule has 3 nitrogen and oxygen atoms in total. The molecule has 0 heterocycles. The van der Waals surface area contributed by atoms with Crippen LogP contribution in [0.25, 0.3) is 0 Å². The molecule has 2 N–H and O–H groups in total. The minimum Gasteiger partial charge on any atom is -0.392 e. The van der Waals surface area contributed by atoms with Gasteiger partial charge in [-0.05, 0) is 48.2 Å². The number of nitrogens with one attached hydrogen (secondary N) is 1. The summed E-state index contributed by atoms with van der Waals surface area (Å²) >= 11 is 5.94. The zero-order chi connectivity index (χ0) is 15.6. The number of amides is 1. The average Bonchev–Trinajstić information content (AvgIpc) is 2.48. The van der Waals surface area contributed by atoms with E-state index < -0.39 is 5.41 Å². The van der Waals surface area contributed by atoms with Crippen molar-refractivity contribution in [1.82, 2.24) is 0 Å². The Labute approximate surface area is 134 Å². The molecule has 0 aliphatic heterocycles. The molecule has 1 aliphatic rings. The quantitative estimate of drug-likeness (QED) is 0.899. The van der Waals surface area contributed by atoms with Crippen molar-refractivity contribution in [3.63, 3.8) is 0 Å². The summed E-state index contributed by atoms with van der Waals surface area (Å²) in [4.78, 5) is 12.8. The lowest BCUT2D eigenvalue weighted by atomic mass is 9.64. The van der Waals surface area contributed by atoms with E-state index in [-0.39, 0.29) is 12.5 Å². The van der Waals surface area contributed by atoms with E-state index in [9.17, 15) is 9.90 Å². The van der Waals surface area contributed by atoms with Gasteiger partial charge in [-0.3, -0.25) is 4.79 Å². The summed E-state index contributed by atoms with van der Waals surface area (Å²) in [7, 11) is 0. The molecule has 3 rings (SSSR count). The smallest absolute Gasteiger partial charge is 0.235 e. The van der Waals surface area contributed by atoms with Crippen LogP contribution in [0.15, 0.2) is 48.5 Å². The van der Waals surface area contributed by atoms with E-state index in [1.54, 1.807) is 6.07 Å². The zero-order valence-electron chi connectivity index (χ0n) is 12.2. The van der Waals surface area contributed by atoms with Crippen LogP contribution in [-0.2, 0) is 16.8 Å². The van der Waals surface area contributed by atoms with Gasteiger partial charge in [0.1, 0.15) is 0 Å². The van der Waals surface area contributed by atoms with Crippen molar-refractivity contribution in [2.24, 2.45) is 0 Å². The number of anilines is 1. The molecule has 0 unspecified atom stereocenters. The topological polar surface area (TPSA) is 49.3 Å². The van der Waals surface area contributed by atoms with Crippen molar-refractivity contribution in [3.05, 3.63) is 64.7 Å². The van der Waals surface area contributed by atoms with Crippen molar-refractivity contribution in [2.75, 3.05) is 5.32 Å². The van der Waals surface area contributed by atoms with Crippen molar-refractivity contribution >= 4 is 23.2 Å². The standard InChI is InChI=1S/C18H18ClNO2/c19-15-7-5-14(6-8-15)18(9-2-10-18)17(22)20-16-4-1-3-13(11-16)12-21/h1,3-8,11,21H,2,9-10,12H2,(H,20,22). The fraction of sp³-hybridized carbons (Fsp3) is 0.278. The van der Waals surface area contributed by atoms with Crippen molar-refractivity contribution in [3.8, 4) is 0 Å². The molecule has 0 saturated heterocycles. The summed E-state index contributed by atoms with van der Waals surface area (Å²) in [6.45, 7) is -0.0357. The molecule has 0 bridgehead atoms. The summed E-state index contributed by atoms with van der Waals surface area (Å²) < 4.78 is 0. The first kappa shape index (κ1) is 15.1. The Balaban J connectivity index is 1.84. The monoisotopic (exact) mass is 315 g/mol.